The van der Waals surface area contributed by atoms with E-state index in [1.54, 1.807) is 0 Å². The Kier molecular flexibility index (Phi) is 5.29. The summed E-state index contributed by atoms with van der Waals surface area (Å²) in [6, 6.07) is 47.8. The lowest BCUT2D eigenvalue weighted by Crippen LogP contribution is -2.16. The third kappa shape index (κ3) is 3.64. The number of rotatable bonds is 3. The molecule has 6 aromatic carbocycles. The molecule has 0 amide bonds. The summed E-state index contributed by atoms with van der Waals surface area (Å²) in [6.07, 6.45) is 2.18. The molecule has 2 aromatic heterocycles. The number of hydrogen-bond donors (Lipinski definition) is 0. The van der Waals surface area contributed by atoms with Gasteiger partial charge in [-0.2, -0.15) is 0 Å². The van der Waals surface area contributed by atoms with E-state index in [9.17, 15) is 0 Å². The lowest BCUT2D eigenvalue weighted by atomic mass is 10.1. The van der Waals surface area contributed by atoms with Crippen LogP contribution in [0.15, 0.2) is 140 Å². The average Bonchev–Trinajstić information content (AvgIpc) is 3.63. The predicted octanol–water partition coefficient (Wildman–Crippen LogP) is 10.9. The van der Waals surface area contributed by atoms with Gasteiger partial charge in [0.15, 0.2) is 11.5 Å². The second-order valence-corrected chi connectivity index (χ2v) is 11.7. The van der Waals surface area contributed by atoms with Crippen molar-refractivity contribution in [1.82, 2.24) is 9.13 Å². The number of para-hydroxylation sites is 2. The van der Waals surface area contributed by atoms with Crippen LogP contribution in [0.5, 0.6) is 11.5 Å². The molecule has 9 rings (SSSR count). The fraction of sp³-hybridized carbons (Fsp3) is 0.0500. The SMILES string of the molecule is Cc1ccc2c(c1)Oc1cc(C)ccc1N2c1cccc(-n2c3ccccc3c3c4ccn(-c5ccccc5)c4ccc32)c1. The minimum Gasteiger partial charge on any atom is -0.453 e. The molecule has 0 N–H and O–H groups in total. The molecule has 0 fully saturated rings. The molecule has 0 saturated carbocycles. The van der Waals surface area contributed by atoms with Crippen LogP contribution in [0.4, 0.5) is 17.1 Å². The van der Waals surface area contributed by atoms with Gasteiger partial charge in [0.1, 0.15) is 0 Å². The third-order valence-corrected chi connectivity index (χ3v) is 8.82. The zero-order valence-corrected chi connectivity index (χ0v) is 24.5. The van der Waals surface area contributed by atoms with Crippen molar-refractivity contribution in [2.24, 2.45) is 0 Å². The van der Waals surface area contributed by atoms with Crippen LogP contribution in [0.3, 0.4) is 0 Å². The molecule has 4 heteroatoms. The highest BCUT2D eigenvalue weighted by molar-refractivity contribution is 6.21. The number of nitrogens with zero attached hydrogens (tertiary/aromatic N) is 3. The van der Waals surface area contributed by atoms with Gasteiger partial charge in [0.25, 0.3) is 0 Å². The Bertz CT molecular complexity index is 2340. The molecular weight excluding hydrogens is 538 g/mol. The maximum Gasteiger partial charge on any atom is 0.151 e. The molecule has 1 aliphatic rings. The number of benzene rings is 6. The van der Waals surface area contributed by atoms with Crippen molar-refractivity contribution in [2.75, 3.05) is 4.90 Å². The monoisotopic (exact) mass is 567 g/mol. The second-order valence-electron chi connectivity index (χ2n) is 11.7. The van der Waals surface area contributed by atoms with E-state index < -0.39 is 0 Å². The Balaban J connectivity index is 1.27. The van der Waals surface area contributed by atoms with Crippen molar-refractivity contribution < 1.29 is 4.74 Å². The molecule has 210 valence electrons. The van der Waals surface area contributed by atoms with Gasteiger partial charge in [-0.3, -0.25) is 0 Å². The van der Waals surface area contributed by atoms with Gasteiger partial charge in [-0.1, -0.05) is 54.6 Å². The maximum absolute atomic E-state index is 6.43. The third-order valence-electron chi connectivity index (χ3n) is 8.82. The molecule has 0 aliphatic carbocycles. The van der Waals surface area contributed by atoms with Crippen LogP contribution < -0.4 is 9.64 Å². The van der Waals surface area contributed by atoms with Gasteiger partial charge >= 0.3 is 0 Å². The molecular formula is C40H29N3O. The lowest BCUT2D eigenvalue weighted by molar-refractivity contribution is 0.476. The topological polar surface area (TPSA) is 22.3 Å². The van der Waals surface area contributed by atoms with Crippen molar-refractivity contribution in [3.63, 3.8) is 0 Å². The van der Waals surface area contributed by atoms with Crippen LogP contribution in [0.25, 0.3) is 44.1 Å². The zero-order chi connectivity index (χ0) is 29.4. The van der Waals surface area contributed by atoms with Crippen LogP contribution in [0.2, 0.25) is 0 Å². The summed E-state index contributed by atoms with van der Waals surface area (Å²) < 4.78 is 11.1. The van der Waals surface area contributed by atoms with E-state index in [4.69, 9.17) is 4.74 Å². The van der Waals surface area contributed by atoms with Crippen molar-refractivity contribution in [1.29, 1.82) is 0 Å². The normalized spacial score (nSPS) is 12.5. The molecule has 0 radical (unpaired) electrons. The molecule has 4 nitrogen and oxygen atoms in total. The van der Waals surface area contributed by atoms with Crippen molar-refractivity contribution in [2.45, 2.75) is 13.8 Å². The Morgan fingerprint density at radius 3 is 1.89 bits per heavy atom. The van der Waals surface area contributed by atoms with Crippen LogP contribution >= 0.6 is 0 Å². The van der Waals surface area contributed by atoms with E-state index in [1.165, 1.54) is 43.8 Å². The zero-order valence-electron chi connectivity index (χ0n) is 24.5. The van der Waals surface area contributed by atoms with E-state index in [1.807, 2.05) is 0 Å². The summed E-state index contributed by atoms with van der Waals surface area (Å²) in [5.74, 6) is 1.74. The van der Waals surface area contributed by atoms with E-state index in [0.29, 0.717) is 0 Å². The van der Waals surface area contributed by atoms with Gasteiger partial charge in [-0.25, -0.2) is 0 Å². The Labute approximate surface area is 255 Å². The van der Waals surface area contributed by atoms with Gasteiger partial charge in [0.05, 0.1) is 27.9 Å². The lowest BCUT2D eigenvalue weighted by Gasteiger charge is -2.33. The highest BCUT2D eigenvalue weighted by Crippen LogP contribution is 2.51. The Morgan fingerprint density at radius 1 is 0.477 bits per heavy atom. The standard InChI is InChI=1S/C40H29N3O/c1-26-15-17-35-38(23-26)44-39-24-27(2)16-18-36(39)43(35)30-12-8-11-29(25-30)42-34-14-7-6-13-31(34)40-32-21-22-41(28-9-4-3-5-10-28)33(32)19-20-37(40)42/h3-25H,1-2H3. The summed E-state index contributed by atoms with van der Waals surface area (Å²) in [7, 11) is 0. The van der Waals surface area contributed by atoms with Gasteiger partial charge in [0.2, 0.25) is 0 Å². The molecule has 0 saturated heterocycles. The smallest absolute Gasteiger partial charge is 0.151 e. The van der Waals surface area contributed by atoms with Crippen LogP contribution in [0, 0.1) is 13.8 Å². The first-order chi connectivity index (χ1) is 21.6. The number of fused-ring (bicyclic) bond motifs is 7. The molecule has 3 heterocycles. The van der Waals surface area contributed by atoms with Crippen molar-refractivity contribution in [3.05, 3.63) is 151 Å². The van der Waals surface area contributed by atoms with E-state index in [-0.39, 0.29) is 0 Å². The molecule has 8 aromatic rings. The fourth-order valence-electron chi connectivity index (χ4n) is 6.85. The number of anilines is 3. The molecule has 0 bridgehead atoms. The number of aryl methyl sites for hydroxylation is 2. The predicted molar refractivity (Wildman–Crippen MR) is 182 cm³/mol. The van der Waals surface area contributed by atoms with Crippen LogP contribution in [-0.4, -0.2) is 9.13 Å². The van der Waals surface area contributed by atoms with E-state index in [0.717, 1.165) is 39.9 Å². The summed E-state index contributed by atoms with van der Waals surface area (Å²) in [6.45, 7) is 4.21. The molecule has 44 heavy (non-hydrogen) atoms. The van der Waals surface area contributed by atoms with Crippen LogP contribution in [0.1, 0.15) is 11.1 Å². The maximum atomic E-state index is 6.43. The number of aromatic nitrogens is 2. The minimum absolute atomic E-state index is 0.871. The highest BCUT2D eigenvalue weighted by Gasteiger charge is 2.26. The first kappa shape index (κ1) is 24.8. The van der Waals surface area contributed by atoms with Crippen LogP contribution in [-0.2, 0) is 0 Å². The van der Waals surface area contributed by atoms with Gasteiger partial charge in [-0.05, 0) is 104 Å². The van der Waals surface area contributed by atoms with Crippen molar-refractivity contribution in [3.8, 4) is 22.9 Å². The van der Waals surface area contributed by atoms with E-state index in [2.05, 4.69) is 168 Å². The van der Waals surface area contributed by atoms with E-state index >= 15 is 0 Å². The molecule has 0 atom stereocenters. The first-order valence-electron chi connectivity index (χ1n) is 15.0. The number of hydrogen-bond acceptors (Lipinski definition) is 2. The summed E-state index contributed by atoms with van der Waals surface area (Å²) in [5, 5.41) is 3.77. The summed E-state index contributed by atoms with van der Waals surface area (Å²) in [4.78, 5) is 2.32. The van der Waals surface area contributed by atoms with Crippen molar-refractivity contribution >= 4 is 49.8 Å². The molecule has 1 aliphatic heterocycles. The Morgan fingerprint density at radius 2 is 1.11 bits per heavy atom. The van der Waals surface area contributed by atoms with Gasteiger partial charge in [-0.15, -0.1) is 0 Å². The molecule has 0 spiro atoms. The van der Waals surface area contributed by atoms with Gasteiger partial charge in [0, 0.05) is 39.4 Å². The largest absolute Gasteiger partial charge is 0.453 e. The first-order valence-corrected chi connectivity index (χ1v) is 15.0. The highest BCUT2D eigenvalue weighted by atomic mass is 16.5. The Hall–Kier alpha value is -5.74. The minimum atomic E-state index is 0.871. The fourth-order valence-corrected chi connectivity index (χ4v) is 6.85. The average molecular weight is 568 g/mol. The summed E-state index contributed by atoms with van der Waals surface area (Å²) in [5.41, 5.74) is 11.4. The van der Waals surface area contributed by atoms with Gasteiger partial charge < -0.3 is 18.8 Å². The number of ether oxygens (including phenoxy) is 1. The molecule has 0 unspecified atom stereocenters. The second kappa shape index (κ2) is 9.38. The quantitative estimate of drug-likeness (QED) is 0.212. The summed E-state index contributed by atoms with van der Waals surface area (Å²) >= 11 is 0.